The summed E-state index contributed by atoms with van der Waals surface area (Å²) in [6.45, 7) is 4.22. The summed E-state index contributed by atoms with van der Waals surface area (Å²) in [4.78, 5) is 8.29. The summed E-state index contributed by atoms with van der Waals surface area (Å²) < 4.78 is 0. The Morgan fingerprint density at radius 2 is 2.24 bits per heavy atom. The molecular formula is C13H20ClN3. The molecule has 0 spiro atoms. The first-order chi connectivity index (χ1) is 8.17. The Balaban J connectivity index is 2.00. The molecule has 0 aromatic carbocycles. The Bertz CT molecular complexity index is 361. The molecule has 3 nitrogen and oxygen atoms in total. The van der Waals surface area contributed by atoms with Crippen LogP contribution in [0.25, 0.3) is 0 Å². The number of hydrogen-bond donors (Lipinski definition) is 1. The number of aromatic nitrogens is 2. The van der Waals surface area contributed by atoms with Gasteiger partial charge in [0.05, 0.1) is 0 Å². The predicted octanol–water partition coefficient (Wildman–Crippen LogP) is 3.82. The Hall–Kier alpha value is -0.830. The summed E-state index contributed by atoms with van der Waals surface area (Å²) in [5, 5.41) is 3.82. The van der Waals surface area contributed by atoms with Gasteiger partial charge in [-0.2, -0.15) is 0 Å². The number of anilines is 1. The summed E-state index contributed by atoms with van der Waals surface area (Å²) in [6, 6.07) is 2.50. The number of nitrogens with one attached hydrogen (secondary N) is 1. The van der Waals surface area contributed by atoms with E-state index in [-0.39, 0.29) is 0 Å². The Kier molecular flexibility index (Phi) is 4.21. The Morgan fingerprint density at radius 1 is 1.41 bits per heavy atom. The molecule has 1 fully saturated rings. The Labute approximate surface area is 108 Å². The van der Waals surface area contributed by atoms with Crippen molar-refractivity contribution in [1.29, 1.82) is 0 Å². The molecule has 1 saturated carbocycles. The van der Waals surface area contributed by atoms with Gasteiger partial charge < -0.3 is 5.32 Å². The molecule has 2 atom stereocenters. The molecule has 1 heterocycles. The lowest BCUT2D eigenvalue weighted by Crippen LogP contribution is -2.27. The van der Waals surface area contributed by atoms with Crippen LogP contribution in [0.4, 0.5) is 5.82 Å². The molecule has 1 aliphatic rings. The standard InChI is InChI=1S/C13H20ClN3/c1-3-10-5-4-6-11(8-10)16-12-7-9(2)15-13(14)17-12/h7,10-11H,3-6,8H2,1-2H3,(H,15,16,17). The summed E-state index contributed by atoms with van der Waals surface area (Å²) in [5.41, 5.74) is 0.912. The molecule has 2 unspecified atom stereocenters. The van der Waals surface area contributed by atoms with E-state index in [9.17, 15) is 0 Å². The second kappa shape index (κ2) is 5.67. The quantitative estimate of drug-likeness (QED) is 0.833. The van der Waals surface area contributed by atoms with Crippen LogP contribution in [0.2, 0.25) is 5.28 Å². The van der Waals surface area contributed by atoms with Crippen LogP contribution in [0.5, 0.6) is 0 Å². The van der Waals surface area contributed by atoms with Gasteiger partial charge in [0.15, 0.2) is 0 Å². The van der Waals surface area contributed by atoms with E-state index in [4.69, 9.17) is 11.6 Å². The van der Waals surface area contributed by atoms with Crippen LogP contribution in [0, 0.1) is 12.8 Å². The number of aryl methyl sites for hydroxylation is 1. The van der Waals surface area contributed by atoms with Gasteiger partial charge in [-0.15, -0.1) is 0 Å². The van der Waals surface area contributed by atoms with Crippen molar-refractivity contribution >= 4 is 17.4 Å². The zero-order valence-electron chi connectivity index (χ0n) is 10.5. The smallest absolute Gasteiger partial charge is 0.224 e. The number of rotatable bonds is 3. The summed E-state index contributed by atoms with van der Waals surface area (Å²) in [5.74, 6) is 1.73. The highest BCUT2D eigenvalue weighted by Crippen LogP contribution is 2.28. The number of halogens is 1. The molecular weight excluding hydrogens is 234 g/mol. The van der Waals surface area contributed by atoms with Gasteiger partial charge in [-0.25, -0.2) is 9.97 Å². The Morgan fingerprint density at radius 3 is 2.94 bits per heavy atom. The third-order valence-electron chi connectivity index (χ3n) is 3.54. The maximum atomic E-state index is 5.86. The monoisotopic (exact) mass is 253 g/mol. The number of nitrogens with zero attached hydrogens (tertiary/aromatic N) is 2. The topological polar surface area (TPSA) is 37.8 Å². The minimum atomic E-state index is 0.329. The van der Waals surface area contributed by atoms with E-state index in [1.165, 1.54) is 32.1 Å². The molecule has 0 bridgehead atoms. The van der Waals surface area contributed by atoms with E-state index in [1.54, 1.807) is 0 Å². The van der Waals surface area contributed by atoms with Crippen molar-refractivity contribution in [3.8, 4) is 0 Å². The first-order valence-corrected chi connectivity index (χ1v) is 6.83. The van der Waals surface area contributed by atoms with E-state index < -0.39 is 0 Å². The highest BCUT2D eigenvalue weighted by Gasteiger charge is 2.20. The van der Waals surface area contributed by atoms with Crippen LogP contribution in [0.15, 0.2) is 6.07 Å². The molecule has 1 aromatic rings. The van der Waals surface area contributed by atoms with Crippen molar-refractivity contribution in [3.05, 3.63) is 17.0 Å². The first-order valence-electron chi connectivity index (χ1n) is 6.45. The zero-order valence-corrected chi connectivity index (χ0v) is 11.3. The fourth-order valence-corrected chi connectivity index (χ4v) is 2.83. The highest BCUT2D eigenvalue weighted by atomic mass is 35.5. The third kappa shape index (κ3) is 3.56. The van der Waals surface area contributed by atoms with Crippen LogP contribution in [-0.4, -0.2) is 16.0 Å². The molecule has 0 aliphatic heterocycles. The molecule has 4 heteroatoms. The maximum absolute atomic E-state index is 5.86. The minimum absolute atomic E-state index is 0.329. The highest BCUT2D eigenvalue weighted by molar-refractivity contribution is 6.28. The van der Waals surface area contributed by atoms with Crippen molar-refractivity contribution in [2.45, 2.75) is 52.0 Å². The van der Waals surface area contributed by atoms with Crippen LogP contribution < -0.4 is 5.32 Å². The summed E-state index contributed by atoms with van der Waals surface area (Å²) >= 11 is 5.86. The van der Waals surface area contributed by atoms with Gasteiger partial charge >= 0.3 is 0 Å². The summed E-state index contributed by atoms with van der Waals surface area (Å²) in [6.07, 6.45) is 6.45. The normalized spacial score (nSPS) is 24.6. The molecule has 17 heavy (non-hydrogen) atoms. The molecule has 2 rings (SSSR count). The molecule has 94 valence electrons. The van der Waals surface area contributed by atoms with Gasteiger partial charge in [-0.05, 0) is 37.3 Å². The molecule has 0 amide bonds. The van der Waals surface area contributed by atoms with Crippen LogP contribution in [0.1, 0.15) is 44.7 Å². The lowest BCUT2D eigenvalue weighted by Gasteiger charge is -2.29. The average molecular weight is 254 g/mol. The van der Waals surface area contributed by atoms with Crippen molar-refractivity contribution in [3.63, 3.8) is 0 Å². The molecule has 1 N–H and O–H groups in total. The molecule has 0 saturated heterocycles. The number of hydrogen-bond acceptors (Lipinski definition) is 3. The fourth-order valence-electron chi connectivity index (χ4n) is 2.61. The van der Waals surface area contributed by atoms with Gasteiger partial charge in [0.2, 0.25) is 5.28 Å². The van der Waals surface area contributed by atoms with Crippen molar-refractivity contribution < 1.29 is 0 Å². The van der Waals surface area contributed by atoms with E-state index in [1.807, 2.05) is 13.0 Å². The molecule has 1 aromatic heterocycles. The van der Waals surface area contributed by atoms with E-state index in [2.05, 4.69) is 22.2 Å². The van der Waals surface area contributed by atoms with Crippen LogP contribution in [-0.2, 0) is 0 Å². The van der Waals surface area contributed by atoms with E-state index >= 15 is 0 Å². The lowest BCUT2D eigenvalue weighted by molar-refractivity contribution is 0.327. The lowest BCUT2D eigenvalue weighted by atomic mass is 9.84. The molecule has 0 radical (unpaired) electrons. The second-order valence-electron chi connectivity index (χ2n) is 4.95. The van der Waals surface area contributed by atoms with Gasteiger partial charge in [-0.3, -0.25) is 0 Å². The summed E-state index contributed by atoms with van der Waals surface area (Å²) in [7, 11) is 0. The third-order valence-corrected chi connectivity index (χ3v) is 3.71. The van der Waals surface area contributed by atoms with Gasteiger partial charge in [0.25, 0.3) is 0 Å². The molecule has 1 aliphatic carbocycles. The van der Waals surface area contributed by atoms with Crippen molar-refractivity contribution in [2.75, 3.05) is 5.32 Å². The maximum Gasteiger partial charge on any atom is 0.224 e. The van der Waals surface area contributed by atoms with Crippen molar-refractivity contribution in [2.24, 2.45) is 5.92 Å². The largest absolute Gasteiger partial charge is 0.367 e. The first kappa shape index (κ1) is 12.6. The van der Waals surface area contributed by atoms with Gasteiger partial charge in [-0.1, -0.05) is 26.2 Å². The van der Waals surface area contributed by atoms with Gasteiger partial charge in [0.1, 0.15) is 5.82 Å². The van der Waals surface area contributed by atoms with Crippen LogP contribution in [0.3, 0.4) is 0 Å². The zero-order chi connectivity index (χ0) is 12.3. The van der Waals surface area contributed by atoms with Gasteiger partial charge in [0, 0.05) is 17.8 Å². The van der Waals surface area contributed by atoms with E-state index in [0.717, 1.165) is 17.4 Å². The fraction of sp³-hybridized carbons (Fsp3) is 0.692. The average Bonchev–Trinajstić information content (AvgIpc) is 2.28. The van der Waals surface area contributed by atoms with Crippen LogP contribution >= 0.6 is 11.6 Å². The second-order valence-corrected chi connectivity index (χ2v) is 5.28. The predicted molar refractivity (Wildman–Crippen MR) is 71.4 cm³/mol. The minimum Gasteiger partial charge on any atom is -0.367 e. The van der Waals surface area contributed by atoms with E-state index in [0.29, 0.717) is 11.3 Å². The SMILES string of the molecule is CCC1CCCC(Nc2cc(C)nc(Cl)n2)C1. The van der Waals surface area contributed by atoms with Crippen molar-refractivity contribution in [1.82, 2.24) is 9.97 Å².